The highest BCUT2D eigenvalue weighted by Crippen LogP contribution is 2.37. The molecule has 0 bridgehead atoms. The van der Waals surface area contributed by atoms with Crippen LogP contribution in [-0.4, -0.2) is 36.2 Å². The highest BCUT2D eigenvalue weighted by molar-refractivity contribution is 8.00. The molecule has 0 saturated carbocycles. The number of para-hydroxylation sites is 1. The Labute approximate surface area is 161 Å². The van der Waals surface area contributed by atoms with Gasteiger partial charge in [0.05, 0.1) is 11.3 Å². The number of ether oxygens (including phenoxy) is 1. The number of carbonyl (C=O) groups excluding carboxylic acids is 3. The van der Waals surface area contributed by atoms with Crippen LogP contribution in [0, 0.1) is 0 Å². The van der Waals surface area contributed by atoms with Crippen LogP contribution >= 0.6 is 11.8 Å². The number of rotatable bonds is 4. The first-order valence-corrected chi connectivity index (χ1v) is 9.46. The molecule has 140 valence electrons. The minimum Gasteiger partial charge on any atom is -0.452 e. The minimum atomic E-state index is -0.620. The first-order valence-electron chi connectivity index (χ1n) is 8.58. The van der Waals surface area contributed by atoms with Gasteiger partial charge < -0.3 is 15.4 Å². The third-order valence-corrected chi connectivity index (χ3v) is 5.51. The molecular weight excluding hydrogens is 364 g/mol. The fourth-order valence-corrected chi connectivity index (χ4v) is 3.92. The monoisotopic (exact) mass is 384 g/mol. The Balaban J connectivity index is 1.67. The number of benzene rings is 2. The van der Waals surface area contributed by atoms with Crippen molar-refractivity contribution in [1.82, 2.24) is 0 Å². The molecule has 2 N–H and O–H groups in total. The van der Waals surface area contributed by atoms with Crippen LogP contribution in [-0.2, 0) is 9.53 Å². The zero-order valence-corrected chi connectivity index (χ0v) is 15.7. The number of anilines is 1. The van der Waals surface area contributed by atoms with Crippen molar-refractivity contribution in [2.45, 2.75) is 23.5 Å². The third-order valence-electron chi connectivity index (χ3n) is 4.28. The summed E-state index contributed by atoms with van der Waals surface area (Å²) >= 11 is 1.74. The van der Waals surface area contributed by atoms with Crippen molar-refractivity contribution in [3.8, 4) is 0 Å². The predicted octanol–water partition coefficient (Wildman–Crippen LogP) is 2.86. The molecule has 0 spiro atoms. The number of amides is 2. The van der Waals surface area contributed by atoms with Crippen LogP contribution < -0.4 is 10.6 Å². The van der Waals surface area contributed by atoms with E-state index in [1.54, 1.807) is 16.7 Å². The maximum Gasteiger partial charge on any atom is 0.338 e. The summed E-state index contributed by atoms with van der Waals surface area (Å²) in [6.45, 7) is 2.36. The van der Waals surface area contributed by atoms with E-state index in [1.807, 2.05) is 24.3 Å². The summed E-state index contributed by atoms with van der Waals surface area (Å²) < 4.78 is 5.17. The normalized spacial score (nSPS) is 16.2. The second kappa shape index (κ2) is 8.26. The summed E-state index contributed by atoms with van der Waals surface area (Å²) in [6.07, 6.45) is 0.855. The quantitative estimate of drug-likeness (QED) is 0.819. The third kappa shape index (κ3) is 4.49. The van der Waals surface area contributed by atoms with Gasteiger partial charge in [-0.2, -0.15) is 0 Å². The number of nitrogens with two attached hydrogens (primary N) is 1. The molecule has 2 aromatic rings. The molecule has 0 unspecified atom stereocenters. The van der Waals surface area contributed by atoms with E-state index in [0.29, 0.717) is 17.4 Å². The summed E-state index contributed by atoms with van der Waals surface area (Å²) in [5.74, 6) is -1.46. The molecule has 1 heterocycles. The first-order chi connectivity index (χ1) is 13.0. The lowest BCUT2D eigenvalue weighted by molar-refractivity contribution is -0.121. The molecule has 2 aromatic carbocycles. The highest BCUT2D eigenvalue weighted by atomic mass is 32.2. The van der Waals surface area contributed by atoms with Gasteiger partial charge in [-0.05, 0) is 42.8 Å². The lowest BCUT2D eigenvalue weighted by Crippen LogP contribution is -2.35. The van der Waals surface area contributed by atoms with Crippen molar-refractivity contribution in [2.75, 3.05) is 18.1 Å². The lowest BCUT2D eigenvalue weighted by Gasteiger charge is -2.22. The molecule has 27 heavy (non-hydrogen) atoms. The van der Waals surface area contributed by atoms with Gasteiger partial charge in [0, 0.05) is 22.3 Å². The number of thioether (sulfide) groups is 1. The van der Waals surface area contributed by atoms with Crippen molar-refractivity contribution < 1.29 is 19.1 Å². The molecule has 7 heteroatoms. The Morgan fingerprint density at radius 2 is 1.78 bits per heavy atom. The van der Waals surface area contributed by atoms with E-state index in [0.717, 1.165) is 17.0 Å². The van der Waals surface area contributed by atoms with Crippen LogP contribution in [0.4, 0.5) is 5.69 Å². The van der Waals surface area contributed by atoms with E-state index in [-0.39, 0.29) is 18.1 Å². The van der Waals surface area contributed by atoms with Crippen molar-refractivity contribution in [3.63, 3.8) is 0 Å². The van der Waals surface area contributed by atoms with Crippen molar-refractivity contribution in [2.24, 2.45) is 5.73 Å². The van der Waals surface area contributed by atoms with Crippen LogP contribution in [0.5, 0.6) is 0 Å². The lowest BCUT2D eigenvalue weighted by atomic mass is 10.1. The maximum atomic E-state index is 12.7. The Morgan fingerprint density at radius 1 is 1.11 bits per heavy atom. The van der Waals surface area contributed by atoms with Crippen molar-refractivity contribution in [3.05, 3.63) is 59.7 Å². The van der Waals surface area contributed by atoms with Crippen molar-refractivity contribution >= 4 is 35.2 Å². The Bertz CT molecular complexity index is 867. The Kier molecular flexibility index (Phi) is 5.81. The molecule has 0 saturated heterocycles. The zero-order valence-electron chi connectivity index (χ0n) is 14.9. The molecule has 0 aliphatic carbocycles. The van der Waals surface area contributed by atoms with E-state index in [4.69, 9.17) is 10.5 Å². The highest BCUT2D eigenvalue weighted by Gasteiger charge is 2.25. The summed E-state index contributed by atoms with van der Waals surface area (Å²) in [5.41, 5.74) is 6.58. The van der Waals surface area contributed by atoms with Gasteiger partial charge in [0.1, 0.15) is 0 Å². The topological polar surface area (TPSA) is 89.7 Å². The van der Waals surface area contributed by atoms with E-state index >= 15 is 0 Å². The van der Waals surface area contributed by atoms with Crippen LogP contribution in [0.25, 0.3) is 0 Å². The van der Waals surface area contributed by atoms with Crippen molar-refractivity contribution in [1.29, 1.82) is 0 Å². The minimum absolute atomic E-state index is 0.258. The summed E-state index contributed by atoms with van der Waals surface area (Å²) in [6, 6.07) is 13.5. The molecular formula is C20H20N2O4S. The second-order valence-electron chi connectivity index (χ2n) is 6.25. The standard InChI is InChI=1S/C20H20N2O4S/c1-13-10-11-22(16-4-2-3-5-17(16)27-13)18(23)12-26-20(25)15-8-6-14(7-9-15)19(21)24/h2-9,13H,10-12H2,1H3,(H2,21,24)/t13-/m0/s1. The summed E-state index contributed by atoms with van der Waals surface area (Å²) in [7, 11) is 0. The first kappa shape index (κ1) is 19.0. The van der Waals surface area contributed by atoms with Crippen LogP contribution in [0.15, 0.2) is 53.4 Å². The summed E-state index contributed by atoms with van der Waals surface area (Å²) in [5, 5.41) is 0.398. The molecule has 0 fully saturated rings. The summed E-state index contributed by atoms with van der Waals surface area (Å²) in [4.78, 5) is 38.6. The van der Waals surface area contributed by atoms with E-state index in [9.17, 15) is 14.4 Å². The molecule has 2 amide bonds. The van der Waals surface area contributed by atoms with Gasteiger partial charge in [-0.15, -0.1) is 11.8 Å². The van der Waals surface area contributed by atoms with E-state index in [2.05, 4.69) is 6.92 Å². The Hall–Kier alpha value is -2.80. The molecule has 0 aromatic heterocycles. The van der Waals surface area contributed by atoms with E-state index in [1.165, 1.54) is 24.3 Å². The number of fused-ring (bicyclic) bond motifs is 1. The SMILES string of the molecule is C[C@H]1CCN(C(=O)COC(=O)c2ccc(C(N)=O)cc2)c2ccccc2S1. The number of hydrogen-bond acceptors (Lipinski definition) is 5. The van der Waals surface area contributed by atoms with Gasteiger partial charge in [-0.1, -0.05) is 19.1 Å². The van der Waals surface area contributed by atoms with Gasteiger partial charge in [0.15, 0.2) is 6.61 Å². The predicted molar refractivity (Wildman–Crippen MR) is 104 cm³/mol. The molecule has 6 nitrogen and oxygen atoms in total. The van der Waals surface area contributed by atoms with Gasteiger partial charge in [0.25, 0.3) is 5.91 Å². The number of carbonyl (C=O) groups is 3. The molecule has 1 aliphatic rings. The fourth-order valence-electron chi connectivity index (χ4n) is 2.80. The van der Waals surface area contributed by atoms with Crippen LogP contribution in [0.2, 0.25) is 0 Å². The fraction of sp³-hybridized carbons (Fsp3) is 0.250. The van der Waals surface area contributed by atoms with E-state index < -0.39 is 11.9 Å². The molecule has 0 radical (unpaired) electrons. The molecule has 1 aliphatic heterocycles. The molecule has 3 rings (SSSR count). The molecule has 1 atom stereocenters. The average molecular weight is 384 g/mol. The number of primary amides is 1. The van der Waals surface area contributed by atoms with Gasteiger partial charge in [0.2, 0.25) is 5.91 Å². The van der Waals surface area contributed by atoms with Gasteiger partial charge >= 0.3 is 5.97 Å². The number of esters is 1. The second-order valence-corrected chi connectivity index (χ2v) is 7.73. The van der Waals surface area contributed by atoms with Gasteiger partial charge in [-0.3, -0.25) is 9.59 Å². The van der Waals surface area contributed by atoms with Crippen LogP contribution in [0.3, 0.4) is 0 Å². The number of nitrogens with zero attached hydrogens (tertiary/aromatic N) is 1. The van der Waals surface area contributed by atoms with Crippen LogP contribution in [0.1, 0.15) is 34.1 Å². The smallest absolute Gasteiger partial charge is 0.338 e. The number of hydrogen-bond donors (Lipinski definition) is 1. The average Bonchev–Trinajstić information content (AvgIpc) is 2.84. The largest absolute Gasteiger partial charge is 0.452 e. The maximum absolute atomic E-state index is 12.7. The Morgan fingerprint density at radius 3 is 2.48 bits per heavy atom. The zero-order chi connectivity index (χ0) is 19.4. The van der Waals surface area contributed by atoms with Gasteiger partial charge in [-0.25, -0.2) is 4.79 Å².